The summed E-state index contributed by atoms with van der Waals surface area (Å²) in [4.78, 5) is 3.92. The summed E-state index contributed by atoms with van der Waals surface area (Å²) in [6.45, 7) is 4.95. The standard InChI is InChI=1S/C13H19N5O2S/c1-3-14-8-12-9-16-17-13(12)21(19,20)18-10(2)11-4-6-15-7-5-11/h4-7,9-10,14,18H,3,8H2,1-2H3,(H,16,17). The van der Waals surface area contributed by atoms with Gasteiger partial charge in [0.05, 0.1) is 6.20 Å². The fourth-order valence-electron chi connectivity index (χ4n) is 1.93. The molecule has 8 heteroatoms. The van der Waals surface area contributed by atoms with Crippen molar-refractivity contribution in [2.24, 2.45) is 0 Å². The van der Waals surface area contributed by atoms with Crippen molar-refractivity contribution in [3.05, 3.63) is 41.9 Å². The van der Waals surface area contributed by atoms with E-state index in [1.807, 2.05) is 6.92 Å². The lowest BCUT2D eigenvalue weighted by atomic mass is 10.1. The van der Waals surface area contributed by atoms with Crippen molar-refractivity contribution in [1.29, 1.82) is 0 Å². The van der Waals surface area contributed by atoms with Crippen molar-refractivity contribution in [1.82, 2.24) is 25.2 Å². The highest BCUT2D eigenvalue weighted by molar-refractivity contribution is 7.89. The van der Waals surface area contributed by atoms with Crippen molar-refractivity contribution in [2.45, 2.75) is 31.5 Å². The first-order chi connectivity index (χ1) is 10.0. The first-order valence-corrected chi connectivity index (χ1v) is 8.18. The van der Waals surface area contributed by atoms with Crippen LogP contribution in [-0.4, -0.2) is 30.1 Å². The van der Waals surface area contributed by atoms with Crippen LogP contribution in [0, 0.1) is 0 Å². The summed E-state index contributed by atoms with van der Waals surface area (Å²) in [7, 11) is -3.65. The summed E-state index contributed by atoms with van der Waals surface area (Å²) in [6, 6.07) is 3.20. The minimum absolute atomic E-state index is 0.101. The Bertz CT molecular complexity index is 669. The highest BCUT2D eigenvalue weighted by atomic mass is 32.2. The van der Waals surface area contributed by atoms with Gasteiger partial charge in [-0.05, 0) is 31.2 Å². The number of aromatic nitrogens is 3. The molecule has 0 aliphatic rings. The molecule has 3 N–H and O–H groups in total. The van der Waals surface area contributed by atoms with Gasteiger partial charge in [0.2, 0.25) is 0 Å². The number of sulfonamides is 1. The Morgan fingerprint density at radius 3 is 2.71 bits per heavy atom. The van der Waals surface area contributed by atoms with E-state index < -0.39 is 10.0 Å². The Balaban J connectivity index is 2.17. The van der Waals surface area contributed by atoms with Crippen LogP contribution in [0.15, 0.2) is 35.7 Å². The van der Waals surface area contributed by atoms with E-state index in [1.165, 1.54) is 6.20 Å². The molecule has 7 nitrogen and oxygen atoms in total. The van der Waals surface area contributed by atoms with Crippen LogP contribution in [0.25, 0.3) is 0 Å². The van der Waals surface area contributed by atoms with Crippen LogP contribution in [0.4, 0.5) is 0 Å². The van der Waals surface area contributed by atoms with E-state index in [4.69, 9.17) is 0 Å². The predicted octanol–water partition coefficient (Wildman–Crippen LogP) is 0.954. The van der Waals surface area contributed by atoms with Gasteiger partial charge < -0.3 is 5.32 Å². The second kappa shape index (κ2) is 6.79. The zero-order valence-electron chi connectivity index (χ0n) is 12.0. The third-order valence-corrected chi connectivity index (χ3v) is 4.61. The van der Waals surface area contributed by atoms with Crippen LogP contribution < -0.4 is 10.0 Å². The van der Waals surface area contributed by atoms with E-state index in [2.05, 4.69) is 25.2 Å². The van der Waals surface area contributed by atoms with Crippen molar-refractivity contribution >= 4 is 10.0 Å². The highest BCUT2D eigenvalue weighted by Gasteiger charge is 2.23. The third kappa shape index (κ3) is 3.87. The number of hydrogen-bond acceptors (Lipinski definition) is 5. The SMILES string of the molecule is CCNCc1cn[nH]c1S(=O)(=O)NC(C)c1ccncc1. The number of nitrogens with one attached hydrogen (secondary N) is 3. The van der Waals surface area contributed by atoms with Crippen molar-refractivity contribution in [2.75, 3.05) is 6.54 Å². The van der Waals surface area contributed by atoms with Crippen LogP contribution in [0.2, 0.25) is 0 Å². The molecule has 2 aromatic rings. The molecule has 2 rings (SSSR count). The minimum Gasteiger partial charge on any atom is -0.313 e. The monoisotopic (exact) mass is 309 g/mol. The summed E-state index contributed by atoms with van der Waals surface area (Å²) < 4.78 is 27.5. The lowest BCUT2D eigenvalue weighted by Crippen LogP contribution is -2.28. The molecule has 0 amide bonds. The molecule has 21 heavy (non-hydrogen) atoms. The maximum Gasteiger partial charge on any atom is 0.258 e. The van der Waals surface area contributed by atoms with E-state index >= 15 is 0 Å². The molecule has 2 heterocycles. The van der Waals surface area contributed by atoms with E-state index in [-0.39, 0.29) is 11.1 Å². The molecule has 114 valence electrons. The molecule has 0 saturated heterocycles. The summed E-state index contributed by atoms with van der Waals surface area (Å²) in [5.74, 6) is 0. The quantitative estimate of drug-likeness (QED) is 0.707. The van der Waals surface area contributed by atoms with Gasteiger partial charge in [-0.25, -0.2) is 13.1 Å². The van der Waals surface area contributed by atoms with Gasteiger partial charge in [0.25, 0.3) is 10.0 Å². The first-order valence-electron chi connectivity index (χ1n) is 6.69. The fourth-order valence-corrected chi connectivity index (χ4v) is 3.29. The fraction of sp³-hybridized carbons (Fsp3) is 0.385. The second-order valence-electron chi connectivity index (χ2n) is 4.63. The Hall–Kier alpha value is -1.77. The van der Waals surface area contributed by atoms with Crippen LogP contribution in [0.3, 0.4) is 0 Å². The van der Waals surface area contributed by atoms with Gasteiger partial charge in [-0.1, -0.05) is 6.92 Å². The van der Waals surface area contributed by atoms with Gasteiger partial charge in [-0.2, -0.15) is 5.10 Å². The van der Waals surface area contributed by atoms with Gasteiger partial charge in [-0.3, -0.25) is 10.1 Å². The smallest absolute Gasteiger partial charge is 0.258 e. The van der Waals surface area contributed by atoms with Crippen LogP contribution in [0.5, 0.6) is 0 Å². The number of aromatic amines is 1. The van der Waals surface area contributed by atoms with Gasteiger partial charge in [0.1, 0.15) is 0 Å². The number of rotatable bonds is 7. The number of H-pyrrole nitrogens is 1. The molecule has 0 spiro atoms. The van der Waals surface area contributed by atoms with Crippen molar-refractivity contribution < 1.29 is 8.42 Å². The van der Waals surface area contributed by atoms with E-state index in [0.29, 0.717) is 12.1 Å². The Labute approximate surface area is 124 Å². The molecule has 1 atom stereocenters. The van der Waals surface area contributed by atoms with Crippen LogP contribution in [-0.2, 0) is 16.6 Å². The molecule has 0 aliphatic carbocycles. The van der Waals surface area contributed by atoms with Crippen LogP contribution >= 0.6 is 0 Å². The maximum atomic E-state index is 12.4. The number of nitrogens with zero attached hydrogens (tertiary/aromatic N) is 2. The highest BCUT2D eigenvalue weighted by Crippen LogP contribution is 2.17. The van der Waals surface area contributed by atoms with Crippen LogP contribution in [0.1, 0.15) is 31.0 Å². The first kappa shape index (κ1) is 15.6. The van der Waals surface area contributed by atoms with E-state index in [1.54, 1.807) is 31.5 Å². The minimum atomic E-state index is -3.65. The lowest BCUT2D eigenvalue weighted by molar-refractivity contribution is 0.560. The average molecular weight is 309 g/mol. The second-order valence-corrected chi connectivity index (χ2v) is 6.28. The normalized spacial score (nSPS) is 13.2. The largest absolute Gasteiger partial charge is 0.313 e. The molecular weight excluding hydrogens is 290 g/mol. The molecule has 1 unspecified atom stereocenters. The molecule has 0 radical (unpaired) electrons. The average Bonchev–Trinajstić information content (AvgIpc) is 2.95. The molecule has 0 aliphatic heterocycles. The number of pyridine rings is 1. The number of hydrogen-bond donors (Lipinski definition) is 3. The van der Waals surface area contributed by atoms with Gasteiger partial charge in [0.15, 0.2) is 5.03 Å². The van der Waals surface area contributed by atoms with Gasteiger partial charge in [-0.15, -0.1) is 0 Å². The molecule has 0 saturated carbocycles. The van der Waals surface area contributed by atoms with Gasteiger partial charge in [0, 0.05) is 30.5 Å². The van der Waals surface area contributed by atoms with Crippen molar-refractivity contribution in [3.63, 3.8) is 0 Å². The molecule has 0 bridgehead atoms. The summed E-state index contributed by atoms with van der Waals surface area (Å²) >= 11 is 0. The van der Waals surface area contributed by atoms with Crippen molar-refractivity contribution in [3.8, 4) is 0 Å². The van der Waals surface area contributed by atoms with E-state index in [9.17, 15) is 8.42 Å². The summed E-state index contributed by atoms with van der Waals surface area (Å²) in [5, 5.41) is 9.58. The molecule has 2 aromatic heterocycles. The topological polar surface area (TPSA) is 99.8 Å². The lowest BCUT2D eigenvalue weighted by Gasteiger charge is -2.14. The zero-order valence-corrected chi connectivity index (χ0v) is 12.8. The summed E-state index contributed by atoms with van der Waals surface area (Å²) in [5.41, 5.74) is 1.47. The maximum absolute atomic E-state index is 12.4. The Morgan fingerprint density at radius 2 is 2.05 bits per heavy atom. The zero-order chi connectivity index (χ0) is 15.3. The molecular formula is C13H19N5O2S. The van der Waals surface area contributed by atoms with Gasteiger partial charge >= 0.3 is 0 Å². The molecule has 0 aromatic carbocycles. The third-order valence-electron chi connectivity index (χ3n) is 3.05. The predicted molar refractivity (Wildman–Crippen MR) is 78.9 cm³/mol. The Morgan fingerprint density at radius 1 is 1.33 bits per heavy atom. The Kier molecular flexibility index (Phi) is 5.05. The molecule has 0 fully saturated rings. The summed E-state index contributed by atoms with van der Waals surface area (Å²) in [6.07, 6.45) is 4.79. The van der Waals surface area contributed by atoms with E-state index in [0.717, 1.165) is 12.1 Å².